The topological polar surface area (TPSA) is 75.4 Å². The smallest absolute Gasteiger partial charge is 0.290 e. The zero-order valence-electron chi connectivity index (χ0n) is 13.1. The Balaban J connectivity index is 2.12. The second-order valence-corrected chi connectivity index (χ2v) is 5.93. The van der Waals surface area contributed by atoms with E-state index >= 15 is 0 Å². The molecule has 5 heteroatoms. The number of carbonyl (C=O) groups excluding carboxylic acids is 1. The molecule has 1 aromatic rings. The molecule has 0 unspecified atom stereocenters. The Bertz CT molecular complexity index is 552. The van der Waals surface area contributed by atoms with Crippen LogP contribution in [0.15, 0.2) is 29.8 Å². The number of aromatic nitrogens is 1. The summed E-state index contributed by atoms with van der Waals surface area (Å²) in [5.74, 6) is -0.0456. The summed E-state index contributed by atoms with van der Waals surface area (Å²) in [5.41, 5.74) is 0.697. The van der Waals surface area contributed by atoms with Crippen LogP contribution >= 0.6 is 0 Å². The van der Waals surface area contributed by atoms with Crippen molar-refractivity contribution in [2.24, 2.45) is 0 Å². The number of nitrogens with zero attached hydrogens (tertiary/aromatic N) is 1. The molecule has 0 fully saturated rings. The van der Waals surface area contributed by atoms with Gasteiger partial charge in [-0.2, -0.15) is 0 Å². The van der Waals surface area contributed by atoms with Crippen molar-refractivity contribution in [3.8, 4) is 0 Å². The molecule has 1 amide bonds. The van der Waals surface area contributed by atoms with E-state index < -0.39 is 11.6 Å². The predicted octanol–water partition coefficient (Wildman–Crippen LogP) is 2.56. The van der Waals surface area contributed by atoms with Crippen molar-refractivity contribution in [2.75, 3.05) is 0 Å². The summed E-state index contributed by atoms with van der Waals surface area (Å²) >= 11 is 0. The second kappa shape index (κ2) is 6.92. The van der Waals surface area contributed by atoms with E-state index in [9.17, 15) is 9.90 Å². The predicted molar refractivity (Wildman–Crippen MR) is 84.7 cm³/mol. The molecule has 5 nitrogen and oxygen atoms in total. The summed E-state index contributed by atoms with van der Waals surface area (Å²) in [6.45, 7) is 9.09. The van der Waals surface area contributed by atoms with Gasteiger partial charge in [0.1, 0.15) is 0 Å². The number of rotatable bonds is 7. The summed E-state index contributed by atoms with van der Waals surface area (Å²) in [6, 6.07) is -0.458. The summed E-state index contributed by atoms with van der Waals surface area (Å²) in [4.78, 5) is 12.4. The van der Waals surface area contributed by atoms with Crippen LogP contribution in [-0.4, -0.2) is 27.8 Å². The Morgan fingerprint density at radius 1 is 1.41 bits per heavy atom. The van der Waals surface area contributed by atoms with Gasteiger partial charge in [-0.3, -0.25) is 4.79 Å². The minimum Gasteiger partial charge on any atom is -0.387 e. The van der Waals surface area contributed by atoms with Gasteiger partial charge in [0.15, 0.2) is 0 Å². The van der Waals surface area contributed by atoms with E-state index in [1.165, 1.54) is 0 Å². The first-order valence-corrected chi connectivity index (χ1v) is 7.74. The van der Waals surface area contributed by atoms with Gasteiger partial charge in [-0.15, -0.1) is 13.2 Å². The van der Waals surface area contributed by atoms with Gasteiger partial charge in [0.2, 0.25) is 5.76 Å². The minimum atomic E-state index is -1.10. The number of hydrogen-bond donors (Lipinski definition) is 2. The first kappa shape index (κ1) is 16.5. The molecule has 1 aromatic heterocycles. The molecule has 1 atom stereocenters. The van der Waals surface area contributed by atoms with Crippen molar-refractivity contribution in [3.63, 3.8) is 0 Å². The van der Waals surface area contributed by atoms with Crippen molar-refractivity contribution in [1.82, 2.24) is 10.5 Å². The van der Waals surface area contributed by atoms with Gasteiger partial charge in [0, 0.05) is 5.56 Å². The molecule has 0 aromatic carbocycles. The van der Waals surface area contributed by atoms with Gasteiger partial charge in [-0.05, 0) is 45.4 Å². The van der Waals surface area contributed by atoms with E-state index in [1.54, 1.807) is 19.1 Å². The number of aliphatic hydroxyl groups is 1. The lowest BCUT2D eigenvalue weighted by Crippen LogP contribution is -2.50. The highest BCUT2D eigenvalue weighted by Gasteiger charge is 2.34. The second-order valence-electron chi connectivity index (χ2n) is 5.93. The zero-order valence-corrected chi connectivity index (χ0v) is 13.1. The van der Waals surface area contributed by atoms with Gasteiger partial charge in [-0.1, -0.05) is 17.3 Å². The van der Waals surface area contributed by atoms with Crippen molar-refractivity contribution in [2.45, 2.75) is 57.1 Å². The van der Waals surface area contributed by atoms with Crippen LogP contribution < -0.4 is 5.32 Å². The summed E-state index contributed by atoms with van der Waals surface area (Å²) < 4.78 is 5.23. The lowest BCUT2D eigenvalue weighted by Gasteiger charge is -2.32. The molecule has 0 saturated heterocycles. The van der Waals surface area contributed by atoms with E-state index in [0.29, 0.717) is 12.8 Å². The first-order chi connectivity index (χ1) is 10.5. The quantitative estimate of drug-likeness (QED) is 0.759. The molecule has 0 bridgehead atoms. The van der Waals surface area contributed by atoms with Crippen LogP contribution in [0.25, 0.3) is 0 Å². The Kier molecular flexibility index (Phi) is 5.19. The van der Waals surface area contributed by atoms with Crippen molar-refractivity contribution >= 4 is 5.91 Å². The highest BCUT2D eigenvalue weighted by Crippen LogP contribution is 2.25. The maximum atomic E-state index is 12.4. The molecule has 0 radical (unpaired) electrons. The SMILES string of the molecule is C=CCC(O)(CC=C)[C@H](C)NC(=O)c1onc2c1CCCC2. The Morgan fingerprint density at radius 3 is 2.68 bits per heavy atom. The van der Waals surface area contributed by atoms with Gasteiger partial charge in [-0.25, -0.2) is 0 Å². The highest BCUT2D eigenvalue weighted by molar-refractivity contribution is 5.93. The summed E-state index contributed by atoms with van der Waals surface area (Å²) in [7, 11) is 0. The van der Waals surface area contributed by atoms with Gasteiger partial charge in [0.05, 0.1) is 17.3 Å². The molecule has 22 heavy (non-hydrogen) atoms. The molecule has 120 valence electrons. The highest BCUT2D eigenvalue weighted by atomic mass is 16.5. The normalized spacial score (nSPS) is 15.7. The number of carbonyl (C=O) groups is 1. The standard InChI is InChI=1S/C17H24N2O3/c1-4-10-17(21,11-5-2)12(3)18-16(20)15-13-8-6-7-9-14(13)19-22-15/h4-5,12,21H,1-2,6-11H2,3H3,(H,18,20)/t12-/m0/s1. The third-order valence-corrected chi connectivity index (χ3v) is 4.32. The Morgan fingerprint density at radius 2 is 2.05 bits per heavy atom. The molecule has 0 aliphatic heterocycles. The van der Waals surface area contributed by atoms with E-state index in [4.69, 9.17) is 4.52 Å². The van der Waals surface area contributed by atoms with Gasteiger partial charge < -0.3 is 14.9 Å². The lowest BCUT2D eigenvalue weighted by atomic mass is 9.88. The van der Waals surface area contributed by atoms with Crippen LogP contribution in [-0.2, 0) is 12.8 Å². The summed E-state index contributed by atoms with van der Waals surface area (Å²) in [5, 5.41) is 17.5. The molecular weight excluding hydrogens is 280 g/mol. The molecule has 1 heterocycles. The van der Waals surface area contributed by atoms with E-state index in [0.717, 1.165) is 36.9 Å². The van der Waals surface area contributed by atoms with Crippen LogP contribution in [0.3, 0.4) is 0 Å². The number of fused-ring (bicyclic) bond motifs is 1. The van der Waals surface area contributed by atoms with Crippen molar-refractivity contribution in [3.05, 3.63) is 42.3 Å². The van der Waals surface area contributed by atoms with Crippen LogP contribution in [0.4, 0.5) is 0 Å². The third-order valence-electron chi connectivity index (χ3n) is 4.32. The van der Waals surface area contributed by atoms with Crippen LogP contribution in [0, 0.1) is 0 Å². The largest absolute Gasteiger partial charge is 0.387 e. The maximum absolute atomic E-state index is 12.4. The number of amides is 1. The molecule has 1 aliphatic carbocycles. The first-order valence-electron chi connectivity index (χ1n) is 7.74. The molecular formula is C17H24N2O3. The van der Waals surface area contributed by atoms with Gasteiger partial charge in [0.25, 0.3) is 5.91 Å². The minimum absolute atomic E-state index is 0.279. The van der Waals surface area contributed by atoms with Gasteiger partial charge >= 0.3 is 0 Å². The van der Waals surface area contributed by atoms with E-state index in [1.807, 2.05) is 0 Å². The van der Waals surface area contributed by atoms with Crippen LogP contribution in [0.1, 0.15) is 54.4 Å². The summed E-state index contributed by atoms with van der Waals surface area (Å²) in [6.07, 6.45) is 7.82. The average molecular weight is 304 g/mol. The van der Waals surface area contributed by atoms with Crippen molar-refractivity contribution < 1.29 is 14.4 Å². The molecule has 0 spiro atoms. The molecule has 1 aliphatic rings. The fourth-order valence-corrected chi connectivity index (χ4v) is 2.90. The lowest BCUT2D eigenvalue weighted by molar-refractivity contribution is 0.0122. The maximum Gasteiger partial charge on any atom is 0.290 e. The van der Waals surface area contributed by atoms with Crippen molar-refractivity contribution in [1.29, 1.82) is 0 Å². The monoisotopic (exact) mass is 304 g/mol. The fraction of sp³-hybridized carbons (Fsp3) is 0.529. The number of hydrogen-bond acceptors (Lipinski definition) is 4. The Hall–Kier alpha value is -1.88. The zero-order chi connectivity index (χ0) is 16.2. The Labute approximate surface area is 131 Å². The molecule has 0 saturated carbocycles. The number of aryl methyl sites for hydroxylation is 1. The molecule has 2 rings (SSSR count). The van der Waals surface area contributed by atoms with E-state index in [2.05, 4.69) is 23.6 Å². The van der Waals surface area contributed by atoms with Crippen LogP contribution in [0.5, 0.6) is 0 Å². The third kappa shape index (κ3) is 3.30. The number of nitrogens with one attached hydrogen (secondary N) is 1. The molecule has 2 N–H and O–H groups in total. The average Bonchev–Trinajstić information content (AvgIpc) is 2.91. The van der Waals surface area contributed by atoms with Crippen LogP contribution in [0.2, 0.25) is 0 Å². The van der Waals surface area contributed by atoms with E-state index in [-0.39, 0.29) is 11.7 Å². The fourth-order valence-electron chi connectivity index (χ4n) is 2.90.